The standard InChI is InChI=1S/C27H24BrClN2O4S/c1-3-33-20-11-9-19(10-12-20)30-27-31-26(32)24(36-27)15-17-13-21(28)25(23(14-17)34-4-2)35-16-18-7-5-6-8-22(18)29/h5-15H,3-4,16H2,1-2H3,(H,30,31,32)/b24-15+. The Bertz CT molecular complexity index is 1310. The van der Waals surface area contributed by atoms with Gasteiger partial charge in [-0.3, -0.25) is 4.79 Å². The smallest absolute Gasteiger partial charge is 0.264 e. The van der Waals surface area contributed by atoms with Gasteiger partial charge in [0.25, 0.3) is 5.91 Å². The van der Waals surface area contributed by atoms with Gasteiger partial charge in [0.1, 0.15) is 12.4 Å². The zero-order chi connectivity index (χ0) is 25.5. The fraction of sp³-hybridized carbons (Fsp3) is 0.185. The number of amidine groups is 1. The number of aliphatic imine (C=N–C) groups is 1. The lowest BCUT2D eigenvalue weighted by molar-refractivity contribution is -0.115. The molecule has 1 aliphatic rings. The number of thioether (sulfide) groups is 1. The van der Waals surface area contributed by atoms with E-state index < -0.39 is 0 Å². The first kappa shape index (κ1) is 26.1. The molecule has 0 unspecified atom stereocenters. The molecule has 3 aromatic rings. The molecule has 1 amide bonds. The SMILES string of the molecule is CCOc1ccc(N=C2NC(=O)/C(=C\c3cc(Br)c(OCc4ccccc4Cl)c(OCC)c3)S2)cc1. The quantitative estimate of drug-likeness (QED) is 0.265. The summed E-state index contributed by atoms with van der Waals surface area (Å²) in [4.78, 5) is 17.6. The van der Waals surface area contributed by atoms with E-state index in [1.807, 2.05) is 74.5 Å². The van der Waals surface area contributed by atoms with Crippen LogP contribution in [0.15, 0.2) is 75.0 Å². The third kappa shape index (κ3) is 6.63. The minimum Gasteiger partial charge on any atom is -0.494 e. The van der Waals surface area contributed by atoms with Crippen molar-refractivity contribution in [3.05, 3.63) is 86.2 Å². The van der Waals surface area contributed by atoms with Crippen LogP contribution in [-0.4, -0.2) is 24.3 Å². The Balaban J connectivity index is 1.53. The van der Waals surface area contributed by atoms with E-state index in [0.29, 0.717) is 50.9 Å². The Hall–Kier alpha value is -2.94. The van der Waals surface area contributed by atoms with E-state index >= 15 is 0 Å². The van der Waals surface area contributed by atoms with E-state index in [1.54, 1.807) is 6.08 Å². The second-order valence-electron chi connectivity index (χ2n) is 7.55. The third-order valence-electron chi connectivity index (χ3n) is 4.99. The number of carbonyl (C=O) groups excluding carboxylic acids is 1. The van der Waals surface area contributed by atoms with Crippen molar-refractivity contribution in [2.75, 3.05) is 13.2 Å². The maximum atomic E-state index is 12.6. The van der Waals surface area contributed by atoms with Crippen LogP contribution in [0.3, 0.4) is 0 Å². The second kappa shape index (κ2) is 12.3. The molecule has 0 spiro atoms. The maximum Gasteiger partial charge on any atom is 0.264 e. The van der Waals surface area contributed by atoms with Crippen LogP contribution in [0, 0.1) is 0 Å². The van der Waals surface area contributed by atoms with Crippen LogP contribution in [0.1, 0.15) is 25.0 Å². The molecule has 3 aromatic carbocycles. The Kier molecular flexibility index (Phi) is 8.96. The van der Waals surface area contributed by atoms with E-state index in [4.69, 9.17) is 25.8 Å². The van der Waals surface area contributed by atoms with Gasteiger partial charge in [-0.05, 0) is 95.6 Å². The topological polar surface area (TPSA) is 69.2 Å². The fourth-order valence-corrected chi connectivity index (χ4v) is 4.98. The largest absolute Gasteiger partial charge is 0.494 e. The summed E-state index contributed by atoms with van der Waals surface area (Å²) < 4.78 is 18.1. The third-order valence-corrected chi connectivity index (χ3v) is 6.86. The number of nitrogens with zero attached hydrogens (tertiary/aromatic N) is 1. The molecule has 0 saturated carbocycles. The van der Waals surface area contributed by atoms with Crippen LogP contribution in [-0.2, 0) is 11.4 Å². The van der Waals surface area contributed by atoms with Crippen LogP contribution in [0.5, 0.6) is 17.2 Å². The molecule has 36 heavy (non-hydrogen) atoms. The summed E-state index contributed by atoms with van der Waals surface area (Å²) in [5.41, 5.74) is 2.39. The number of benzene rings is 3. The molecule has 0 bridgehead atoms. The number of rotatable bonds is 9. The van der Waals surface area contributed by atoms with Gasteiger partial charge in [0, 0.05) is 10.6 Å². The summed E-state index contributed by atoms with van der Waals surface area (Å²) in [6, 6.07) is 18.7. The van der Waals surface area contributed by atoms with E-state index in [-0.39, 0.29) is 5.91 Å². The molecule has 4 rings (SSSR count). The van der Waals surface area contributed by atoms with E-state index in [0.717, 1.165) is 22.6 Å². The predicted octanol–water partition coefficient (Wildman–Crippen LogP) is 7.37. The highest BCUT2D eigenvalue weighted by Crippen LogP contribution is 2.39. The van der Waals surface area contributed by atoms with Gasteiger partial charge >= 0.3 is 0 Å². The number of hydrogen-bond donors (Lipinski definition) is 1. The first-order valence-corrected chi connectivity index (χ1v) is 13.3. The van der Waals surface area contributed by atoms with Crippen molar-refractivity contribution in [1.82, 2.24) is 5.32 Å². The van der Waals surface area contributed by atoms with Gasteiger partial charge in [-0.25, -0.2) is 4.99 Å². The Morgan fingerprint density at radius 1 is 1.03 bits per heavy atom. The lowest BCUT2D eigenvalue weighted by Gasteiger charge is -2.15. The molecule has 1 N–H and O–H groups in total. The summed E-state index contributed by atoms with van der Waals surface area (Å²) in [7, 11) is 0. The van der Waals surface area contributed by atoms with Crippen LogP contribution < -0.4 is 19.5 Å². The van der Waals surface area contributed by atoms with Crippen LogP contribution in [0.25, 0.3) is 6.08 Å². The first-order chi connectivity index (χ1) is 17.5. The van der Waals surface area contributed by atoms with Crippen LogP contribution >= 0.6 is 39.3 Å². The Morgan fingerprint density at radius 3 is 2.50 bits per heavy atom. The van der Waals surface area contributed by atoms with Gasteiger partial charge in [0.2, 0.25) is 0 Å². The Morgan fingerprint density at radius 2 is 1.78 bits per heavy atom. The highest BCUT2D eigenvalue weighted by atomic mass is 79.9. The summed E-state index contributed by atoms with van der Waals surface area (Å²) in [5.74, 6) is 1.70. The fourth-order valence-electron chi connectivity index (χ4n) is 3.37. The van der Waals surface area contributed by atoms with Gasteiger partial charge < -0.3 is 19.5 Å². The van der Waals surface area contributed by atoms with E-state index in [9.17, 15) is 4.79 Å². The molecule has 1 heterocycles. The van der Waals surface area contributed by atoms with Gasteiger partial charge in [0.05, 0.1) is 28.3 Å². The number of nitrogens with one attached hydrogen (secondary N) is 1. The zero-order valence-corrected chi connectivity index (χ0v) is 22.9. The zero-order valence-electron chi connectivity index (χ0n) is 19.7. The molecule has 1 aliphatic heterocycles. The van der Waals surface area contributed by atoms with Crippen molar-refractivity contribution in [1.29, 1.82) is 0 Å². The van der Waals surface area contributed by atoms with Gasteiger partial charge in [0.15, 0.2) is 16.7 Å². The monoisotopic (exact) mass is 586 g/mol. The Labute approximate surface area is 227 Å². The molecule has 6 nitrogen and oxygen atoms in total. The second-order valence-corrected chi connectivity index (χ2v) is 9.84. The predicted molar refractivity (Wildman–Crippen MR) is 150 cm³/mol. The highest BCUT2D eigenvalue weighted by Gasteiger charge is 2.24. The molecular weight excluding hydrogens is 564 g/mol. The van der Waals surface area contributed by atoms with E-state index in [1.165, 1.54) is 11.8 Å². The van der Waals surface area contributed by atoms with Crippen molar-refractivity contribution in [2.45, 2.75) is 20.5 Å². The lowest BCUT2D eigenvalue weighted by atomic mass is 10.1. The lowest BCUT2D eigenvalue weighted by Crippen LogP contribution is -2.19. The van der Waals surface area contributed by atoms with Crippen molar-refractivity contribution in [3.63, 3.8) is 0 Å². The van der Waals surface area contributed by atoms with Crippen LogP contribution in [0.2, 0.25) is 5.02 Å². The van der Waals surface area contributed by atoms with Gasteiger partial charge in [-0.2, -0.15) is 0 Å². The highest BCUT2D eigenvalue weighted by molar-refractivity contribution is 9.10. The number of halogens is 2. The maximum absolute atomic E-state index is 12.6. The van der Waals surface area contributed by atoms with Gasteiger partial charge in [-0.1, -0.05) is 29.8 Å². The summed E-state index contributed by atoms with van der Waals surface area (Å²) in [5, 5.41) is 3.97. The summed E-state index contributed by atoms with van der Waals surface area (Å²) >= 11 is 11.1. The first-order valence-electron chi connectivity index (χ1n) is 11.3. The average Bonchev–Trinajstić information content (AvgIpc) is 3.19. The molecule has 0 aliphatic carbocycles. The number of ether oxygens (including phenoxy) is 3. The minimum atomic E-state index is -0.210. The molecule has 1 fully saturated rings. The number of amides is 1. The number of hydrogen-bond acceptors (Lipinski definition) is 6. The van der Waals surface area contributed by atoms with Crippen molar-refractivity contribution in [2.24, 2.45) is 4.99 Å². The molecule has 186 valence electrons. The molecule has 1 saturated heterocycles. The molecule has 0 aromatic heterocycles. The minimum absolute atomic E-state index is 0.210. The molecular formula is C27H24BrClN2O4S. The summed E-state index contributed by atoms with van der Waals surface area (Å²) in [6.45, 7) is 5.19. The normalized spacial score (nSPS) is 15.3. The van der Waals surface area contributed by atoms with E-state index in [2.05, 4.69) is 26.2 Å². The van der Waals surface area contributed by atoms with Crippen molar-refractivity contribution in [3.8, 4) is 17.2 Å². The molecule has 0 radical (unpaired) electrons. The van der Waals surface area contributed by atoms with Crippen molar-refractivity contribution >= 4 is 62.1 Å². The summed E-state index contributed by atoms with van der Waals surface area (Å²) in [6.07, 6.45) is 1.80. The van der Waals surface area contributed by atoms with Crippen molar-refractivity contribution < 1.29 is 19.0 Å². The number of carbonyl (C=O) groups is 1. The van der Waals surface area contributed by atoms with Gasteiger partial charge in [-0.15, -0.1) is 0 Å². The molecule has 9 heteroatoms. The average molecular weight is 588 g/mol. The molecule has 0 atom stereocenters. The van der Waals surface area contributed by atoms with Crippen LogP contribution in [0.4, 0.5) is 5.69 Å².